The highest BCUT2D eigenvalue weighted by Crippen LogP contribution is 2.28. The first-order valence-corrected chi connectivity index (χ1v) is 9.52. The molecule has 0 fully saturated rings. The zero-order valence-electron chi connectivity index (χ0n) is 15.7. The molecule has 146 valence electrons. The lowest BCUT2D eigenvalue weighted by atomic mass is 10.1. The molecule has 3 rings (SSSR count). The predicted octanol–water partition coefficient (Wildman–Crippen LogP) is 3.17. The lowest BCUT2D eigenvalue weighted by molar-refractivity contribution is -0.120. The van der Waals surface area contributed by atoms with Crippen molar-refractivity contribution in [3.63, 3.8) is 0 Å². The van der Waals surface area contributed by atoms with Crippen LogP contribution in [-0.2, 0) is 4.79 Å². The largest absolute Gasteiger partial charge is 0.494 e. The molecule has 0 bridgehead atoms. The van der Waals surface area contributed by atoms with Gasteiger partial charge in [-0.3, -0.25) is 4.79 Å². The molecule has 0 aliphatic rings. The smallest absolute Gasteiger partial charge is 0.233 e. The summed E-state index contributed by atoms with van der Waals surface area (Å²) in [6, 6.07) is 13.2. The lowest BCUT2D eigenvalue weighted by Gasteiger charge is -2.17. The van der Waals surface area contributed by atoms with Gasteiger partial charge in [0, 0.05) is 0 Å². The van der Waals surface area contributed by atoms with E-state index >= 15 is 0 Å². The number of tetrazole rings is 1. The Bertz CT molecular complexity index is 948. The highest BCUT2D eigenvalue weighted by molar-refractivity contribution is 8.00. The molecule has 2 unspecified atom stereocenters. The van der Waals surface area contributed by atoms with E-state index in [1.807, 2.05) is 31.2 Å². The van der Waals surface area contributed by atoms with Gasteiger partial charge in [-0.15, -0.1) is 5.10 Å². The Labute approximate surface area is 166 Å². The number of hydrogen-bond acceptors (Lipinski definition) is 6. The number of para-hydroxylation sites is 2. The summed E-state index contributed by atoms with van der Waals surface area (Å²) in [5.74, 6) is 0.143. The molecular formula is C19H20FN5O2S. The Balaban J connectivity index is 1.70. The van der Waals surface area contributed by atoms with E-state index in [9.17, 15) is 9.18 Å². The average molecular weight is 401 g/mol. The normalized spacial score (nSPS) is 13.0. The molecule has 7 nitrogen and oxygen atoms in total. The van der Waals surface area contributed by atoms with Crippen molar-refractivity contribution in [2.45, 2.75) is 30.3 Å². The van der Waals surface area contributed by atoms with Crippen LogP contribution in [0.25, 0.3) is 5.69 Å². The maximum atomic E-state index is 13.1. The molecule has 0 radical (unpaired) electrons. The van der Waals surface area contributed by atoms with Crippen molar-refractivity contribution in [3.8, 4) is 11.4 Å². The molecule has 1 aromatic heterocycles. The fraction of sp³-hybridized carbons (Fsp3) is 0.263. The first-order chi connectivity index (χ1) is 13.5. The van der Waals surface area contributed by atoms with Gasteiger partial charge in [0.25, 0.3) is 0 Å². The molecule has 3 aromatic rings. The minimum absolute atomic E-state index is 0.170. The number of carbonyl (C=O) groups is 1. The summed E-state index contributed by atoms with van der Waals surface area (Å²) in [6.07, 6.45) is 0. The third-order valence-electron chi connectivity index (χ3n) is 4.13. The van der Waals surface area contributed by atoms with Crippen molar-refractivity contribution in [1.29, 1.82) is 0 Å². The standard InChI is InChI=1S/C19H20FN5O2S/c1-12(14-8-10-15(20)11-9-14)21-18(26)13(2)28-19-22-23-24-25(19)16-6-4-5-7-17(16)27-3/h4-13H,1-3H3,(H,21,26). The van der Waals surface area contributed by atoms with Crippen molar-refractivity contribution in [2.75, 3.05) is 7.11 Å². The van der Waals surface area contributed by atoms with Crippen LogP contribution >= 0.6 is 11.8 Å². The number of hydrogen-bond donors (Lipinski definition) is 1. The summed E-state index contributed by atoms with van der Waals surface area (Å²) in [5, 5.41) is 14.7. The fourth-order valence-electron chi connectivity index (χ4n) is 2.59. The van der Waals surface area contributed by atoms with Crippen LogP contribution in [-0.4, -0.2) is 38.5 Å². The number of nitrogens with one attached hydrogen (secondary N) is 1. The Hall–Kier alpha value is -2.94. The predicted molar refractivity (Wildman–Crippen MR) is 104 cm³/mol. The molecule has 2 aromatic carbocycles. The van der Waals surface area contributed by atoms with Gasteiger partial charge in [0.2, 0.25) is 11.1 Å². The topological polar surface area (TPSA) is 81.9 Å². The first-order valence-electron chi connectivity index (χ1n) is 8.64. The quantitative estimate of drug-likeness (QED) is 0.613. The Morgan fingerprint density at radius 1 is 1.18 bits per heavy atom. The summed E-state index contributed by atoms with van der Waals surface area (Å²) in [7, 11) is 1.57. The first kappa shape index (κ1) is 19.8. The number of halogens is 1. The average Bonchev–Trinajstić information content (AvgIpc) is 3.16. The van der Waals surface area contributed by atoms with E-state index in [1.165, 1.54) is 28.6 Å². The second kappa shape index (κ2) is 8.83. The van der Waals surface area contributed by atoms with Crippen LogP contribution in [0.2, 0.25) is 0 Å². The maximum Gasteiger partial charge on any atom is 0.233 e. The number of ether oxygens (including phenoxy) is 1. The van der Waals surface area contributed by atoms with Crippen LogP contribution in [0.4, 0.5) is 4.39 Å². The molecule has 0 aliphatic carbocycles. The number of nitrogens with zero attached hydrogens (tertiary/aromatic N) is 4. The molecule has 2 atom stereocenters. The molecule has 9 heteroatoms. The molecular weight excluding hydrogens is 381 g/mol. The summed E-state index contributed by atoms with van der Waals surface area (Å²) in [4.78, 5) is 12.6. The minimum atomic E-state index is -0.442. The van der Waals surface area contributed by atoms with Gasteiger partial charge in [-0.25, -0.2) is 4.39 Å². The number of rotatable bonds is 7. The highest BCUT2D eigenvalue weighted by Gasteiger charge is 2.22. The van der Waals surface area contributed by atoms with Crippen LogP contribution in [0.3, 0.4) is 0 Å². The molecule has 0 spiro atoms. The molecule has 1 heterocycles. The van der Waals surface area contributed by atoms with Crippen molar-refractivity contribution in [2.24, 2.45) is 0 Å². The minimum Gasteiger partial charge on any atom is -0.494 e. The monoisotopic (exact) mass is 401 g/mol. The second-order valence-corrected chi connectivity index (χ2v) is 7.39. The number of benzene rings is 2. The van der Waals surface area contributed by atoms with E-state index in [-0.39, 0.29) is 17.8 Å². The van der Waals surface area contributed by atoms with Gasteiger partial charge in [-0.1, -0.05) is 36.0 Å². The van der Waals surface area contributed by atoms with Crippen molar-refractivity contribution < 1.29 is 13.9 Å². The number of methoxy groups -OCH3 is 1. The molecule has 1 amide bonds. The van der Waals surface area contributed by atoms with E-state index < -0.39 is 5.25 Å². The molecule has 0 aliphatic heterocycles. The van der Waals surface area contributed by atoms with Gasteiger partial charge in [0.15, 0.2) is 0 Å². The van der Waals surface area contributed by atoms with Gasteiger partial charge in [-0.05, 0) is 54.1 Å². The van der Waals surface area contributed by atoms with Gasteiger partial charge < -0.3 is 10.1 Å². The summed E-state index contributed by atoms with van der Waals surface area (Å²) in [6.45, 7) is 3.63. The van der Waals surface area contributed by atoms with Gasteiger partial charge in [0.1, 0.15) is 17.3 Å². The van der Waals surface area contributed by atoms with Crippen LogP contribution in [0.15, 0.2) is 53.7 Å². The van der Waals surface area contributed by atoms with Crippen molar-refractivity contribution >= 4 is 17.7 Å². The van der Waals surface area contributed by atoms with Crippen LogP contribution in [0, 0.1) is 5.82 Å². The SMILES string of the molecule is COc1ccccc1-n1nnnc1SC(C)C(=O)NC(C)c1ccc(F)cc1. The maximum absolute atomic E-state index is 13.1. The molecule has 28 heavy (non-hydrogen) atoms. The zero-order chi connectivity index (χ0) is 20.1. The number of amides is 1. The Kier molecular flexibility index (Phi) is 6.25. The second-order valence-electron chi connectivity index (χ2n) is 6.09. The van der Waals surface area contributed by atoms with Gasteiger partial charge >= 0.3 is 0 Å². The van der Waals surface area contributed by atoms with Gasteiger partial charge in [0.05, 0.1) is 18.4 Å². The Morgan fingerprint density at radius 2 is 1.89 bits per heavy atom. The lowest BCUT2D eigenvalue weighted by Crippen LogP contribution is -2.33. The van der Waals surface area contributed by atoms with Crippen molar-refractivity contribution in [3.05, 3.63) is 59.9 Å². The third-order valence-corrected chi connectivity index (χ3v) is 5.17. The summed E-state index contributed by atoms with van der Waals surface area (Å²) in [5.41, 5.74) is 1.51. The molecule has 0 saturated heterocycles. The Morgan fingerprint density at radius 3 is 2.61 bits per heavy atom. The zero-order valence-corrected chi connectivity index (χ0v) is 16.5. The summed E-state index contributed by atoms with van der Waals surface area (Å²) >= 11 is 1.24. The van der Waals surface area contributed by atoms with Crippen LogP contribution < -0.4 is 10.1 Å². The van der Waals surface area contributed by atoms with E-state index in [0.717, 1.165) is 5.56 Å². The van der Waals surface area contributed by atoms with Crippen molar-refractivity contribution in [1.82, 2.24) is 25.5 Å². The summed E-state index contributed by atoms with van der Waals surface area (Å²) < 4.78 is 20.0. The van der Waals surface area contributed by atoms with E-state index in [1.54, 1.807) is 26.2 Å². The highest BCUT2D eigenvalue weighted by atomic mass is 32.2. The number of thioether (sulfide) groups is 1. The van der Waals surface area contributed by atoms with E-state index in [0.29, 0.717) is 16.6 Å². The van der Waals surface area contributed by atoms with Crippen LogP contribution in [0.1, 0.15) is 25.5 Å². The molecule has 1 N–H and O–H groups in total. The fourth-order valence-corrected chi connectivity index (χ4v) is 3.40. The van der Waals surface area contributed by atoms with Gasteiger partial charge in [-0.2, -0.15) is 4.68 Å². The number of aromatic nitrogens is 4. The van der Waals surface area contributed by atoms with Crippen LogP contribution in [0.5, 0.6) is 5.75 Å². The number of carbonyl (C=O) groups excluding carboxylic acids is 1. The molecule has 0 saturated carbocycles. The third kappa shape index (κ3) is 4.48. The van der Waals surface area contributed by atoms with E-state index in [2.05, 4.69) is 20.8 Å². The van der Waals surface area contributed by atoms with E-state index in [4.69, 9.17) is 4.74 Å².